The highest BCUT2D eigenvalue weighted by Gasteiger charge is 2.44. The molecule has 2 aromatic carbocycles. The van der Waals surface area contributed by atoms with Crippen LogP contribution >= 0.6 is 0 Å². The van der Waals surface area contributed by atoms with Crippen molar-refractivity contribution >= 4 is 6.09 Å². The molecule has 33 heavy (non-hydrogen) atoms. The minimum Gasteiger partial charge on any atom is -0.453 e. The molecule has 7 nitrogen and oxygen atoms in total. The van der Waals surface area contributed by atoms with Crippen molar-refractivity contribution < 1.29 is 23.4 Å². The van der Waals surface area contributed by atoms with E-state index in [1.54, 1.807) is 10.9 Å². The number of amides is 1. The van der Waals surface area contributed by atoms with Crippen molar-refractivity contribution in [3.63, 3.8) is 0 Å². The molecular formula is C24H26F2N4O3. The van der Waals surface area contributed by atoms with E-state index in [0.717, 1.165) is 30.2 Å². The van der Waals surface area contributed by atoms with Gasteiger partial charge in [-0.25, -0.2) is 18.3 Å². The molecule has 3 N–H and O–H groups in total. The van der Waals surface area contributed by atoms with Crippen molar-refractivity contribution in [1.82, 2.24) is 20.4 Å². The Bertz CT molecular complexity index is 1080. The summed E-state index contributed by atoms with van der Waals surface area (Å²) >= 11 is 0. The fraction of sp³-hybridized carbons (Fsp3) is 0.333. The van der Waals surface area contributed by atoms with Crippen LogP contribution in [0.2, 0.25) is 0 Å². The number of hydrogen-bond donors (Lipinski definition) is 3. The zero-order valence-electron chi connectivity index (χ0n) is 18.2. The number of rotatable bonds is 9. The average Bonchev–Trinajstić information content (AvgIpc) is 3.39. The number of carbonyl (C=O) groups is 1. The lowest BCUT2D eigenvalue weighted by Gasteiger charge is -2.27. The molecule has 3 aromatic rings. The lowest BCUT2D eigenvalue weighted by molar-refractivity contribution is 0.108. The first-order valence-electron chi connectivity index (χ1n) is 10.7. The van der Waals surface area contributed by atoms with Gasteiger partial charge >= 0.3 is 6.09 Å². The fourth-order valence-electron chi connectivity index (χ4n) is 3.98. The summed E-state index contributed by atoms with van der Waals surface area (Å²) in [6.07, 6.45) is 3.65. The molecule has 1 saturated carbocycles. The van der Waals surface area contributed by atoms with E-state index in [4.69, 9.17) is 0 Å². The molecule has 9 heteroatoms. The van der Waals surface area contributed by atoms with Gasteiger partial charge in [-0.1, -0.05) is 12.1 Å². The van der Waals surface area contributed by atoms with E-state index in [9.17, 15) is 18.7 Å². The minimum atomic E-state index is -1.03. The lowest BCUT2D eigenvalue weighted by Crippen LogP contribution is -2.50. The summed E-state index contributed by atoms with van der Waals surface area (Å²) in [5.41, 5.74) is 2.04. The van der Waals surface area contributed by atoms with E-state index in [1.807, 2.05) is 30.5 Å². The number of carbonyl (C=O) groups excluding carboxylic acids is 1. The Morgan fingerprint density at radius 3 is 2.61 bits per heavy atom. The third kappa shape index (κ3) is 5.55. The lowest BCUT2D eigenvalue weighted by atomic mass is 9.99. The number of aromatic nitrogens is 2. The molecule has 0 aliphatic heterocycles. The predicted octanol–water partition coefficient (Wildman–Crippen LogP) is 3.06. The van der Waals surface area contributed by atoms with E-state index in [2.05, 4.69) is 26.5 Å². The molecule has 0 saturated heterocycles. The molecule has 4 rings (SSSR count). The van der Waals surface area contributed by atoms with Crippen LogP contribution < -0.4 is 10.6 Å². The smallest absolute Gasteiger partial charge is 0.407 e. The Hall–Kier alpha value is -3.30. The maximum Gasteiger partial charge on any atom is 0.407 e. The second-order valence-electron chi connectivity index (χ2n) is 8.26. The van der Waals surface area contributed by atoms with Crippen molar-refractivity contribution in [2.45, 2.75) is 36.9 Å². The second-order valence-corrected chi connectivity index (χ2v) is 8.26. The quantitative estimate of drug-likeness (QED) is 0.461. The Balaban J connectivity index is 1.46. The Morgan fingerprint density at radius 1 is 1.21 bits per heavy atom. The molecule has 0 spiro atoms. The van der Waals surface area contributed by atoms with Crippen molar-refractivity contribution in [3.05, 3.63) is 83.7 Å². The van der Waals surface area contributed by atoms with Gasteiger partial charge in [0.15, 0.2) is 0 Å². The van der Waals surface area contributed by atoms with Crippen molar-refractivity contribution in [3.8, 4) is 5.69 Å². The van der Waals surface area contributed by atoms with Gasteiger partial charge in [0.25, 0.3) is 0 Å². The Kier molecular flexibility index (Phi) is 6.71. The van der Waals surface area contributed by atoms with Crippen LogP contribution in [0.5, 0.6) is 0 Å². The number of nitrogens with zero attached hydrogens (tertiary/aromatic N) is 2. The van der Waals surface area contributed by atoms with Crippen LogP contribution in [-0.4, -0.2) is 46.8 Å². The van der Waals surface area contributed by atoms with Gasteiger partial charge in [-0.15, -0.1) is 0 Å². The SMILES string of the molecule is COC(=O)NC(Cc1cc(F)cc(F)c1)C(O)CNC1(c2cccc(-n3cccn3)c2)CC1. The van der Waals surface area contributed by atoms with Crippen molar-refractivity contribution in [1.29, 1.82) is 0 Å². The topological polar surface area (TPSA) is 88.4 Å². The number of alkyl carbamates (subject to hydrolysis) is 1. The third-order valence-corrected chi connectivity index (χ3v) is 5.90. The summed E-state index contributed by atoms with van der Waals surface area (Å²) in [6.45, 7) is 0.165. The summed E-state index contributed by atoms with van der Waals surface area (Å²) in [5.74, 6) is -1.44. The molecule has 1 fully saturated rings. The molecule has 1 aromatic heterocycles. The van der Waals surface area contributed by atoms with E-state index >= 15 is 0 Å². The van der Waals surface area contributed by atoms with Crippen LogP contribution in [0.15, 0.2) is 60.9 Å². The van der Waals surface area contributed by atoms with Gasteiger partial charge in [0.1, 0.15) is 11.6 Å². The maximum absolute atomic E-state index is 13.6. The van der Waals surface area contributed by atoms with Crippen LogP contribution in [0.3, 0.4) is 0 Å². The maximum atomic E-state index is 13.6. The number of methoxy groups -OCH3 is 1. The largest absolute Gasteiger partial charge is 0.453 e. The van der Waals surface area contributed by atoms with Gasteiger partial charge in [-0.3, -0.25) is 0 Å². The number of aliphatic hydroxyl groups is 1. The number of halogens is 2. The Labute approximate surface area is 190 Å². The highest BCUT2D eigenvalue weighted by atomic mass is 19.1. The van der Waals surface area contributed by atoms with Gasteiger partial charge in [-0.2, -0.15) is 5.10 Å². The monoisotopic (exact) mass is 456 g/mol. The summed E-state index contributed by atoms with van der Waals surface area (Å²) < 4.78 is 33.7. The average molecular weight is 456 g/mol. The van der Waals surface area contributed by atoms with Gasteiger partial charge in [0.2, 0.25) is 0 Å². The zero-order chi connectivity index (χ0) is 23.4. The summed E-state index contributed by atoms with van der Waals surface area (Å²) in [5, 5.41) is 21.1. The minimum absolute atomic E-state index is 0.0361. The normalized spacial score (nSPS) is 16.1. The standard InChI is InChI=1S/C24H26F2N4O3/c1-33-23(32)29-21(12-16-10-18(25)14-19(26)11-16)22(31)15-27-24(6-7-24)17-4-2-5-20(13-17)30-9-3-8-28-30/h2-5,8-11,13-14,21-22,27,31H,6-7,12,15H2,1H3,(H,29,32). The molecule has 2 unspecified atom stereocenters. The molecular weight excluding hydrogens is 430 g/mol. The highest BCUT2D eigenvalue weighted by Crippen LogP contribution is 2.45. The van der Waals surface area contributed by atoms with Crippen molar-refractivity contribution in [2.24, 2.45) is 0 Å². The van der Waals surface area contributed by atoms with Crippen LogP contribution in [0.4, 0.5) is 13.6 Å². The molecule has 1 aliphatic carbocycles. The summed E-state index contributed by atoms with van der Waals surface area (Å²) in [7, 11) is 1.21. The summed E-state index contributed by atoms with van der Waals surface area (Å²) in [4.78, 5) is 11.8. The number of aliphatic hydroxyl groups excluding tert-OH is 1. The number of benzene rings is 2. The summed E-state index contributed by atoms with van der Waals surface area (Å²) in [6, 6.07) is 12.2. The van der Waals surface area contributed by atoms with Crippen LogP contribution in [0, 0.1) is 11.6 Å². The predicted molar refractivity (Wildman–Crippen MR) is 118 cm³/mol. The van der Waals surface area contributed by atoms with Gasteiger partial charge in [0, 0.05) is 30.5 Å². The highest BCUT2D eigenvalue weighted by molar-refractivity contribution is 5.67. The van der Waals surface area contributed by atoms with Gasteiger partial charge < -0.3 is 20.5 Å². The number of nitrogens with one attached hydrogen (secondary N) is 2. The number of hydrogen-bond acceptors (Lipinski definition) is 5. The second kappa shape index (κ2) is 9.68. The van der Waals surface area contributed by atoms with E-state index in [0.29, 0.717) is 5.56 Å². The molecule has 0 bridgehead atoms. The van der Waals surface area contributed by atoms with Crippen molar-refractivity contribution in [2.75, 3.05) is 13.7 Å². The van der Waals surface area contributed by atoms with Crippen LogP contribution in [0.1, 0.15) is 24.0 Å². The van der Waals surface area contributed by atoms with E-state index < -0.39 is 29.9 Å². The van der Waals surface area contributed by atoms with Crippen LogP contribution in [-0.2, 0) is 16.7 Å². The molecule has 174 valence electrons. The first-order valence-corrected chi connectivity index (χ1v) is 10.7. The van der Waals surface area contributed by atoms with Crippen LogP contribution in [0.25, 0.3) is 5.69 Å². The Morgan fingerprint density at radius 2 is 1.97 bits per heavy atom. The molecule has 1 aliphatic rings. The van der Waals surface area contributed by atoms with E-state index in [1.165, 1.54) is 19.2 Å². The van der Waals surface area contributed by atoms with E-state index in [-0.39, 0.29) is 18.5 Å². The molecule has 1 heterocycles. The zero-order valence-corrected chi connectivity index (χ0v) is 18.2. The van der Waals surface area contributed by atoms with Gasteiger partial charge in [0.05, 0.1) is 24.9 Å². The number of ether oxygens (including phenoxy) is 1. The first-order chi connectivity index (χ1) is 15.9. The first kappa shape index (κ1) is 22.9. The molecule has 0 radical (unpaired) electrons. The third-order valence-electron chi connectivity index (χ3n) is 5.90. The fourth-order valence-corrected chi connectivity index (χ4v) is 3.98. The molecule has 2 atom stereocenters. The molecule has 1 amide bonds. The van der Waals surface area contributed by atoms with Gasteiger partial charge in [-0.05, 0) is 60.7 Å².